The molecular formula is C10H10O3S. The molecule has 2 aromatic rings. The van der Waals surface area contributed by atoms with Crippen LogP contribution in [0.2, 0.25) is 0 Å². The molecule has 0 fully saturated rings. The lowest BCUT2D eigenvalue weighted by atomic mass is 10.2. The molecule has 1 aromatic carbocycles. The van der Waals surface area contributed by atoms with Gasteiger partial charge in [-0.15, -0.1) is 11.3 Å². The summed E-state index contributed by atoms with van der Waals surface area (Å²) in [5.74, 6) is 0.584. The monoisotopic (exact) mass is 210 g/mol. The first-order valence-electron chi connectivity index (χ1n) is 4.29. The molecule has 0 saturated carbocycles. The molecule has 0 spiro atoms. The zero-order valence-corrected chi connectivity index (χ0v) is 8.47. The molecule has 0 bridgehead atoms. The van der Waals surface area contributed by atoms with E-state index in [1.54, 1.807) is 17.5 Å². The second kappa shape index (κ2) is 3.38. The van der Waals surface area contributed by atoms with Crippen LogP contribution < -0.4 is 4.74 Å². The minimum atomic E-state index is 0.0630. The highest BCUT2D eigenvalue weighted by Gasteiger charge is 2.13. The lowest BCUT2D eigenvalue weighted by molar-refractivity contribution is 0.321. The Morgan fingerprint density at radius 1 is 1.29 bits per heavy atom. The molecular weight excluding hydrogens is 200 g/mol. The SMILES string of the molecule is CCOc1c(O)ccc2scc(O)c12. The third kappa shape index (κ3) is 1.28. The van der Waals surface area contributed by atoms with Crippen molar-refractivity contribution in [3.63, 3.8) is 0 Å². The fraction of sp³-hybridized carbons (Fsp3) is 0.200. The smallest absolute Gasteiger partial charge is 0.173 e. The van der Waals surface area contributed by atoms with Crippen LogP contribution in [-0.4, -0.2) is 16.8 Å². The van der Waals surface area contributed by atoms with Crippen LogP contribution in [0.15, 0.2) is 17.5 Å². The number of phenolic OH excluding ortho intramolecular Hbond substituents is 1. The second-order valence-corrected chi connectivity index (χ2v) is 3.75. The van der Waals surface area contributed by atoms with E-state index in [0.29, 0.717) is 17.7 Å². The molecule has 74 valence electrons. The van der Waals surface area contributed by atoms with Crippen molar-refractivity contribution >= 4 is 21.4 Å². The second-order valence-electron chi connectivity index (χ2n) is 2.84. The number of rotatable bonds is 2. The topological polar surface area (TPSA) is 49.7 Å². The maximum absolute atomic E-state index is 9.56. The Kier molecular flexibility index (Phi) is 2.21. The van der Waals surface area contributed by atoms with Gasteiger partial charge in [0.1, 0.15) is 5.75 Å². The number of phenols is 1. The molecule has 0 radical (unpaired) electrons. The molecule has 1 aromatic heterocycles. The van der Waals surface area contributed by atoms with Gasteiger partial charge in [-0.3, -0.25) is 0 Å². The van der Waals surface area contributed by atoms with E-state index in [-0.39, 0.29) is 11.5 Å². The van der Waals surface area contributed by atoms with Crippen LogP contribution in [-0.2, 0) is 0 Å². The minimum Gasteiger partial charge on any atom is -0.506 e. The van der Waals surface area contributed by atoms with Crippen molar-refractivity contribution in [3.8, 4) is 17.2 Å². The first-order chi connectivity index (χ1) is 6.74. The van der Waals surface area contributed by atoms with Gasteiger partial charge in [-0.2, -0.15) is 0 Å². The van der Waals surface area contributed by atoms with Crippen LogP contribution in [0.5, 0.6) is 17.2 Å². The molecule has 14 heavy (non-hydrogen) atoms. The van der Waals surface area contributed by atoms with Gasteiger partial charge >= 0.3 is 0 Å². The Morgan fingerprint density at radius 2 is 2.07 bits per heavy atom. The van der Waals surface area contributed by atoms with Crippen molar-refractivity contribution in [2.75, 3.05) is 6.61 Å². The lowest BCUT2D eigenvalue weighted by Gasteiger charge is -2.06. The Balaban J connectivity index is 2.73. The highest BCUT2D eigenvalue weighted by atomic mass is 32.1. The quantitative estimate of drug-likeness (QED) is 0.801. The number of ether oxygens (including phenoxy) is 1. The van der Waals surface area contributed by atoms with Crippen LogP contribution in [0.1, 0.15) is 6.92 Å². The van der Waals surface area contributed by atoms with Gasteiger partial charge in [-0.1, -0.05) is 0 Å². The van der Waals surface area contributed by atoms with Crippen molar-refractivity contribution in [3.05, 3.63) is 17.5 Å². The van der Waals surface area contributed by atoms with Crippen molar-refractivity contribution < 1.29 is 14.9 Å². The van der Waals surface area contributed by atoms with E-state index in [1.807, 2.05) is 6.92 Å². The van der Waals surface area contributed by atoms with Crippen molar-refractivity contribution in [2.45, 2.75) is 6.92 Å². The van der Waals surface area contributed by atoms with Gasteiger partial charge in [0.2, 0.25) is 0 Å². The molecule has 3 nitrogen and oxygen atoms in total. The summed E-state index contributed by atoms with van der Waals surface area (Å²) in [6.45, 7) is 2.30. The van der Waals surface area contributed by atoms with Gasteiger partial charge in [0, 0.05) is 10.1 Å². The molecule has 0 aliphatic carbocycles. The van der Waals surface area contributed by atoms with E-state index in [9.17, 15) is 10.2 Å². The summed E-state index contributed by atoms with van der Waals surface area (Å²) in [4.78, 5) is 0. The first kappa shape index (κ1) is 9.15. The predicted octanol–water partition coefficient (Wildman–Crippen LogP) is 2.71. The largest absolute Gasteiger partial charge is 0.506 e. The predicted molar refractivity (Wildman–Crippen MR) is 56.3 cm³/mol. The van der Waals surface area contributed by atoms with E-state index in [1.165, 1.54) is 11.3 Å². The van der Waals surface area contributed by atoms with Crippen LogP contribution >= 0.6 is 11.3 Å². The number of hydrogen-bond donors (Lipinski definition) is 2. The maximum atomic E-state index is 9.56. The third-order valence-corrected chi connectivity index (χ3v) is 2.88. The average molecular weight is 210 g/mol. The molecule has 0 atom stereocenters. The standard InChI is InChI=1S/C10H10O3S/c1-2-13-10-6(11)3-4-8-9(10)7(12)5-14-8/h3-5,11-12H,2H2,1H3. The van der Waals surface area contributed by atoms with Crippen LogP contribution in [0, 0.1) is 0 Å². The number of thiophene rings is 1. The molecule has 4 heteroatoms. The summed E-state index contributed by atoms with van der Waals surface area (Å²) in [5.41, 5.74) is 0. The highest BCUT2D eigenvalue weighted by molar-refractivity contribution is 7.17. The summed E-state index contributed by atoms with van der Waals surface area (Å²) in [6, 6.07) is 3.33. The molecule has 2 N–H and O–H groups in total. The van der Waals surface area contributed by atoms with Crippen LogP contribution in [0.3, 0.4) is 0 Å². The van der Waals surface area contributed by atoms with Gasteiger partial charge < -0.3 is 14.9 Å². The van der Waals surface area contributed by atoms with Gasteiger partial charge in [0.25, 0.3) is 0 Å². The summed E-state index contributed by atoms with van der Waals surface area (Å²) in [7, 11) is 0. The van der Waals surface area contributed by atoms with E-state index >= 15 is 0 Å². The molecule has 0 unspecified atom stereocenters. The molecule has 0 aliphatic rings. The minimum absolute atomic E-state index is 0.0630. The number of aromatic hydroxyl groups is 2. The van der Waals surface area contributed by atoms with Gasteiger partial charge in [-0.05, 0) is 19.1 Å². The Morgan fingerprint density at radius 3 is 2.79 bits per heavy atom. The van der Waals surface area contributed by atoms with E-state index in [4.69, 9.17) is 4.74 Å². The number of fused-ring (bicyclic) bond motifs is 1. The van der Waals surface area contributed by atoms with Crippen molar-refractivity contribution in [1.29, 1.82) is 0 Å². The van der Waals surface area contributed by atoms with Crippen LogP contribution in [0.25, 0.3) is 10.1 Å². The number of benzene rings is 1. The first-order valence-corrected chi connectivity index (χ1v) is 5.17. The van der Waals surface area contributed by atoms with E-state index in [2.05, 4.69) is 0 Å². The summed E-state index contributed by atoms with van der Waals surface area (Å²) >= 11 is 1.42. The zero-order chi connectivity index (χ0) is 10.1. The van der Waals surface area contributed by atoms with Crippen molar-refractivity contribution in [2.24, 2.45) is 0 Å². The van der Waals surface area contributed by atoms with Gasteiger partial charge in [-0.25, -0.2) is 0 Å². The van der Waals surface area contributed by atoms with E-state index < -0.39 is 0 Å². The van der Waals surface area contributed by atoms with Crippen molar-refractivity contribution in [1.82, 2.24) is 0 Å². The lowest BCUT2D eigenvalue weighted by Crippen LogP contribution is -1.91. The highest BCUT2D eigenvalue weighted by Crippen LogP contribution is 2.43. The molecule has 0 saturated heterocycles. The zero-order valence-electron chi connectivity index (χ0n) is 7.65. The van der Waals surface area contributed by atoms with Crippen LogP contribution in [0.4, 0.5) is 0 Å². The Hall–Kier alpha value is -1.42. The maximum Gasteiger partial charge on any atom is 0.173 e. The molecule has 2 rings (SSSR count). The fourth-order valence-electron chi connectivity index (χ4n) is 1.36. The molecule has 0 amide bonds. The Bertz CT molecular complexity index is 462. The fourth-order valence-corrected chi connectivity index (χ4v) is 2.18. The summed E-state index contributed by atoms with van der Waals surface area (Å²) in [5, 5.41) is 21.3. The van der Waals surface area contributed by atoms with Gasteiger partial charge in [0.15, 0.2) is 11.5 Å². The summed E-state index contributed by atoms with van der Waals surface area (Å²) in [6.07, 6.45) is 0. The summed E-state index contributed by atoms with van der Waals surface area (Å²) < 4.78 is 6.19. The molecule has 0 aliphatic heterocycles. The average Bonchev–Trinajstić information content (AvgIpc) is 2.53. The van der Waals surface area contributed by atoms with E-state index in [0.717, 1.165) is 4.70 Å². The molecule has 1 heterocycles. The normalized spacial score (nSPS) is 10.6. The third-order valence-electron chi connectivity index (χ3n) is 1.94. The number of hydrogen-bond acceptors (Lipinski definition) is 4. The Labute approximate surface area is 85.2 Å². The van der Waals surface area contributed by atoms with Gasteiger partial charge in [0.05, 0.1) is 12.0 Å².